The highest BCUT2D eigenvalue weighted by Crippen LogP contribution is 2.25. The van der Waals surface area contributed by atoms with E-state index in [9.17, 15) is 4.79 Å². The molecule has 1 aliphatic rings. The molecular formula is C16H29NO2. The van der Waals surface area contributed by atoms with Crippen molar-refractivity contribution < 1.29 is 9.53 Å². The number of hydrogen-bond acceptors (Lipinski definition) is 3. The van der Waals surface area contributed by atoms with E-state index in [0.717, 1.165) is 24.5 Å². The van der Waals surface area contributed by atoms with Crippen LogP contribution in [0.4, 0.5) is 0 Å². The summed E-state index contributed by atoms with van der Waals surface area (Å²) in [5, 5.41) is 3.54. The number of ether oxygens (including phenoxy) is 1. The Morgan fingerprint density at radius 2 is 1.95 bits per heavy atom. The lowest BCUT2D eigenvalue weighted by Crippen LogP contribution is -2.33. The standard InChI is InChI=1S/C16H29NO2/c1-4-14(16(18)19-3)11-12-17-13(2)15-9-7-5-6-8-10-15/h11,13,15,17H,4-10,12H2,1-3H3/t13-/m0/s1. The van der Waals surface area contributed by atoms with E-state index in [2.05, 4.69) is 12.2 Å². The fourth-order valence-corrected chi connectivity index (χ4v) is 2.85. The molecule has 0 aromatic rings. The molecular weight excluding hydrogens is 238 g/mol. The lowest BCUT2D eigenvalue weighted by molar-refractivity contribution is -0.136. The molecule has 0 aromatic carbocycles. The summed E-state index contributed by atoms with van der Waals surface area (Å²) in [6.45, 7) is 5.01. The second-order valence-electron chi connectivity index (χ2n) is 5.52. The Balaban J connectivity index is 2.37. The van der Waals surface area contributed by atoms with Crippen LogP contribution in [0, 0.1) is 5.92 Å². The smallest absolute Gasteiger partial charge is 0.333 e. The Labute approximate surface area is 117 Å². The van der Waals surface area contributed by atoms with Gasteiger partial charge in [-0.2, -0.15) is 0 Å². The summed E-state index contributed by atoms with van der Waals surface area (Å²) in [5.41, 5.74) is 0.767. The maximum absolute atomic E-state index is 11.4. The first-order valence-electron chi connectivity index (χ1n) is 7.69. The van der Waals surface area contributed by atoms with Crippen molar-refractivity contribution in [3.8, 4) is 0 Å². The molecule has 0 bridgehead atoms. The molecule has 3 heteroatoms. The first kappa shape index (κ1) is 16.2. The van der Waals surface area contributed by atoms with E-state index in [4.69, 9.17) is 4.74 Å². The van der Waals surface area contributed by atoms with Crippen LogP contribution in [0.1, 0.15) is 58.8 Å². The number of carbonyl (C=O) groups is 1. The molecule has 1 atom stereocenters. The van der Waals surface area contributed by atoms with E-state index in [-0.39, 0.29) is 5.97 Å². The second kappa shape index (κ2) is 9.13. The van der Waals surface area contributed by atoms with Crippen LogP contribution in [-0.2, 0) is 9.53 Å². The molecule has 0 aromatic heterocycles. The number of nitrogens with one attached hydrogen (secondary N) is 1. The zero-order valence-electron chi connectivity index (χ0n) is 12.7. The average molecular weight is 267 g/mol. The third kappa shape index (κ3) is 5.77. The number of hydrogen-bond donors (Lipinski definition) is 1. The third-order valence-electron chi connectivity index (χ3n) is 4.22. The van der Waals surface area contributed by atoms with Crippen LogP contribution in [0.15, 0.2) is 11.6 Å². The predicted molar refractivity (Wildman–Crippen MR) is 79.0 cm³/mol. The number of esters is 1. The van der Waals surface area contributed by atoms with Gasteiger partial charge in [0.25, 0.3) is 0 Å². The zero-order chi connectivity index (χ0) is 14.1. The SMILES string of the molecule is CCC(=CCN[C@@H](C)C1CCCCCC1)C(=O)OC. The first-order chi connectivity index (χ1) is 9.19. The van der Waals surface area contributed by atoms with Gasteiger partial charge in [-0.15, -0.1) is 0 Å². The van der Waals surface area contributed by atoms with E-state index in [1.54, 1.807) is 0 Å². The first-order valence-corrected chi connectivity index (χ1v) is 7.69. The maximum Gasteiger partial charge on any atom is 0.333 e. The van der Waals surface area contributed by atoms with Gasteiger partial charge in [-0.25, -0.2) is 4.79 Å². The van der Waals surface area contributed by atoms with Crippen molar-refractivity contribution in [2.75, 3.05) is 13.7 Å². The Bertz CT molecular complexity index is 291. The van der Waals surface area contributed by atoms with Crippen LogP contribution >= 0.6 is 0 Å². The fourth-order valence-electron chi connectivity index (χ4n) is 2.85. The third-order valence-corrected chi connectivity index (χ3v) is 4.22. The summed E-state index contributed by atoms with van der Waals surface area (Å²) in [4.78, 5) is 11.4. The van der Waals surface area contributed by atoms with Gasteiger partial charge in [0.15, 0.2) is 0 Å². The average Bonchev–Trinajstić information content (AvgIpc) is 2.71. The molecule has 1 fully saturated rings. The fraction of sp³-hybridized carbons (Fsp3) is 0.812. The van der Waals surface area contributed by atoms with Gasteiger partial charge < -0.3 is 10.1 Å². The lowest BCUT2D eigenvalue weighted by atomic mass is 9.93. The molecule has 0 aliphatic heterocycles. The summed E-state index contributed by atoms with van der Waals surface area (Å²) < 4.78 is 4.76. The van der Waals surface area contributed by atoms with Gasteiger partial charge in [0.2, 0.25) is 0 Å². The van der Waals surface area contributed by atoms with Crippen LogP contribution in [-0.4, -0.2) is 25.7 Å². The molecule has 0 saturated heterocycles. The van der Waals surface area contributed by atoms with Crippen molar-refractivity contribution >= 4 is 5.97 Å². The number of carbonyl (C=O) groups excluding carboxylic acids is 1. The second-order valence-corrected chi connectivity index (χ2v) is 5.52. The molecule has 0 spiro atoms. The van der Waals surface area contributed by atoms with E-state index in [1.807, 2.05) is 13.0 Å². The highest BCUT2D eigenvalue weighted by molar-refractivity contribution is 5.88. The van der Waals surface area contributed by atoms with Crippen molar-refractivity contribution in [1.29, 1.82) is 0 Å². The molecule has 0 amide bonds. The van der Waals surface area contributed by atoms with Crippen molar-refractivity contribution in [3.63, 3.8) is 0 Å². The molecule has 110 valence electrons. The minimum atomic E-state index is -0.202. The van der Waals surface area contributed by atoms with Gasteiger partial charge in [-0.3, -0.25) is 0 Å². The van der Waals surface area contributed by atoms with Crippen molar-refractivity contribution in [2.45, 2.75) is 64.8 Å². The molecule has 0 unspecified atom stereocenters. The Hall–Kier alpha value is -0.830. The summed E-state index contributed by atoms with van der Waals surface area (Å²) in [5.74, 6) is 0.588. The van der Waals surface area contributed by atoms with E-state index >= 15 is 0 Å². The summed E-state index contributed by atoms with van der Waals surface area (Å²) in [7, 11) is 1.44. The molecule has 3 nitrogen and oxygen atoms in total. The van der Waals surface area contributed by atoms with Crippen LogP contribution < -0.4 is 5.32 Å². The van der Waals surface area contributed by atoms with Crippen molar-refractivity contribution in [2.24, 2.45) is 5.92 Å². The summed E-state index contributed by atoms with van der Waals surface area (Å²) in [6.07, 6.45) is 10.9. The van der Waals surface area contributed by atoms with Crippen molar-refractivity contribution in [3.05, 3.63) is 11.6 Å². The Morgan fingerprint density at radius 1 is 1.32 bits per heavy atom. The molecule has 1 aliphatic carbocycles. The summed E-state index contributed by atoms with van der Waals surface area (Å²) in [6, 6.07) is 0.533. The quantitative estimate of drug-likeness (QED) is 0.455. The zero-order valence-corrected chi connectivity index (χ0v) is 12.7. The van der Waals surface area contributed by atoms with E-state index in [0.29, 0.717) is 6.04 Å². The largest absolute Gasteiger partial charge is 0.466 e. The van der Waals surface area contributed by atoms with E-state index < -0.39 is 0 Å². The van der Waals surface area contributed by atoms with Gasteiger partial charge in [0.1, 0.15) is 0 Å². The summed E-state index contributed by atoms with van der Waals surface area (Å²) >= 11 is 0. The number of methoxy groups -OCH3 is 1. The topological polar surface area (TPSA) is 38.3 Å². The van der Waals surface area contributed by atoms with Crippen LogP contribution in [0.2, 0.25) is 0 Å². The predicted octanol–water partition coefficient (Wildman–Crippen LogP) is 3.44. The van der Waals surface area contributed by atoms with Gasteiger partial charge in [-0.05, 0) is 32.1 Å². The minimum Gasteiger partial charge on any atom is -0.466 e. The molecule has 1 saturated carbocycles. The highest BCUT2D eigenvalue weighted by atomic mass is 16.5. The molecule has 19 heavy (non-hydrogen) atoms. The molecule has 0 radical (unpaired) electrons. The molecule has 0 heterocycles. The molecule has 1 N–H and O–H groups in total. The van der Waals surface area contributed by atoms with Gasteiger partial charge in [0, 0.05) is 18.2 Å². The van der Waals surface area contributed by atoms with Gasteiger partial charge in [0.05, 0.1) is 7.11 Å². The van der Waals surface area contributed by atoms with Crippen molar-refractivity contribution in [1.82, 2.24) is 5.32 Å². The molecule has 1 rings (SSSR count). The van der Waals surface area contributed by atoms with Crippen LogP contribution in [0.25, 0.3) is 0 Å². The monoisotopic (exact) mass is 267 g/mol. The van der Waals surface area contributed by atoms with Crippen LogP contribution in [0.3, 0.4) is 0 Å². The van der Waals surface area contributed by atoms with Crippen LogP contribution in [0.5, 0.6) is 0 Å². The van der Waals surface area contributed by atoms with Gasteiger partial charge >= 0.3 is 5.97 Å². The minimum absolute atomic E-state index is 0.202. The van der Waals surface area contributed by atoms with E-state index in [1.165, 1.54) is 45.6 Å². The van der Waals surface area contributed by atoms with Gasteiger partial charge in [-0.1, -0.05) is 38.7 Å². The Morgan fingerprint density at radius 3 is 2.47 bits per heavy atom. The number of rotatable bonds is 6. The Kier molecular flexibility index (Phi) is 7.80. The highest BCUT2D eigenvalue weighted by Gasteiger charge is 2.18. The lowest BCUT2D eigenvalue weighted by Gasteiger charge is -2.23. The normalized spacial score (nSPS) is 19.8. The maximum atomic E-state index is 11.4.